The van der Waals surface area contributed by atoms with Crippen molar-refractivity contribution in [2.24, 2.45) is 0 Å². The third-order valence-electron chi connectivity index (χ3n) is 11.4. The van der Waals surface area contributed by atoms with Crippen molar-refractivity contribution in [1.29, 1.82) is 0 Å². The first kappa shape index (κ1) is 65.1. The number of ketones is 1. The van der Waals surface area contributed by atoms with Gasteiger partial charge in [0.05, 0.1) is 14.2 Å². The molecule has 2 amide bonds. The number of hydrogen-bond donors (Lipinski definition) is 3. The van der Waals surface area contributed by atoms with E-state index in [9.17, 15) is 24.0 Å². The van der Waals surface area contributed by atoms with Crippen molar-refractivity contribution < 1.29 is 42.9 Å². The first-order chi connectivity index (χ1) is 33.9. The molecular weight excluding hydrogens is 984 g/mol. The fourth-order valence-corrected chi connectivity index (χ4v) is 8.39. The normalized spacial score (nSPS) is 18.1. The molecule has 0 aliphatic carbocycles. The Labute approximate surface area is 443 Å². The van der Waals surface area contributed by atoms with Gasteiger partial charge in [-0.05, 0) is 74.1 Å². The summed E-state index contributed by atoms with van der Waals surface area (Å²) in [5.41, 5.74) is 10.6. The summed E-state index contributed by atoms with van der Waals surface area (Å²) in [4.78, 5) is 84.9. The SMILES string of the molecule is C.C#C.C#CC.CC(C)(C)OC(=O)N1CCC(=O)CC1.CC[C@H]1CN(c2nc(N)c(C(=O)OC)nc2Cl)CCN1.CC[C@H]1CN(c2nc(N)c(C(=O)OC)nc2Cl)CCN1C1CCN(C(=O)OC(C)(C)C)CC1. The highest BCUT2D eigenvalue weighted by molar-refractivity contribution is 6.32. The van der Waals surface area contributed by atoms with E-state index in [2.05, 4.69) is 83.6 Å². The zero-order valence-corrected chi connectivity index (χ0v) is 45.4. The van der Waals surface area contributed by atoms with E-state index >= 15 is 0 Å². The van der Waals surface area contributed by atoms with Crippen LogP contribution in [0, 0.1) is 25.2 Å². The quantitative estimate of drug-likeness (QED) is 0.150. The highest BCUT2D eigenvalue weighted by atomic mass is 35.5. The lowest BCUT2D eigenvalue weighted by Crippen LogP contribution is -2.59. The van der Waals surface area contributed by atoms with Gasteiger partial charge in [0, 0.05) is 96.4 Å². The second-order valence-electron chi connectivity index (χ2n) is 18.9. The van der Waals surface area contributed by atoms with E-state index in [1.807, 2.05) is 46.4 Å². The summed E-state index contributed by atoms with van der Waals surface area (Å²) < 4.78 is 20.0. The molecule has 0 saturated carbocycles. The number of anilines is 4. The maximum atomic E-state index is 12.4. The summed E-state index contributed by atoms with van der Waals surface area (Å²) in [5.74, 6) is 2.20. The number of rotatable bonds is 7. The van der Waals surface area contributed by atoms with Gasteiger partial charge in [0.15, 0.2) is 45.0 Å². The van der Waals surface area contributed by atoms with Gasteiger partial charge in [0.2, 0.25) is 0 Å². The smallest absolute Gasteiger partial charge is 0.410 e. The number of methoxy groups -OCH3 is 2. The number of carbonyl (C=O) groups excluding carboxylic acids is 5. The number of nitrogens with zero attached hydrogens (tertiary/aromatic N) is 9. The minimum Gasteiger partial charge on any atom is -0.464 e. The second-order valence-corrected chi connectivity index (χ2v) is 19.6. The van der Waals surface area contributed by atoms with Crippen molar-refractivity contribution in [3.8, 4) is 25.2 Å². The van der Waals surface area contributed by atoms with Crippen LogP contribution in [0.4, 0.5) is 32.9 Å². The number of hydrogen-bond acceptors (Lipinski definition) is 19. The Kier molecular flexibility index (Phi) is 27.7. The minimum absolute atomic E-state index is 0. The lowest BCUT2D eigenvalue weighted by Gasteiger charge is -2.47. The minimum atomic E-state index is -0.664. The highest BCUT2D eigenvalue weighted by Crippen LogP contribution is 2.31. The van der Waals surface area contributed by atoms with Gasteiger partial charge in [0.25, 0.3) is 0 Å². The molecule has 4 aliphatic rings. The Balaban J connectivity index is 0.000000566. The number of piperazine rings is 2. The fraction of sp³-hybridized carbons (Fsp3) is 0.660. The topological polar surface area (TPSA) is 254 Å². The van der Waals surface area contributed by atoms with Crippen LogP contribution in [0.1, 0.15) is 129 Å². The van der Waals surface area contributed by atoms with Crippen molar-refractivity contribution in [3.05, 3.63) is 21.7 Å². The van der Waals surface area contributed by atoms with Crippen LogP contribution < -0.4 is 26.6 Å². The van der Waals surface area contributed by atoms with E-state index in [1.165, 1.54) is 14.2 Å². The Morgan fingerprint density at radius 1 is 0.712 bits per heavy atom. The first-order valence-electron chi connectivity index (χ1n) is 23.9. The predicted octanol–water partition coefficient (Wildman–Crippen LogP) is 6.60. The van der Waals surface area contributed by atoms with Crippen molar-refractivity contribution in [3.63, 3.8) is 0 Å². The van der Waals surface area contributed by atoms with Crippen LogP contribution in [0.25, 0.3) is 0 Å². The molecule has 2 atom stereocenters. The zero-order chi connectivity index (χ0) is 54.5. The zero-order valence-electron chi connectivity index (χ0n) is 43.9. The van der Waals surface area contributed by atoms with Gasteiger partial charge in [-0.25, -0.2) is 39.1 Å². The molecule has 73 heavy (non-hydrogen) atoms. The largest absolute Gasteiger partial charge is 0.464 e. The molecule has 23 heteroatoms. The van der Waals surface area contributed by atoms with Gasteiger partial charge in [-0.15, -0.1) is 25.2 Å². The fourth-order valence-electron chi connectivity index (χ4n) is 7.90. The first-order valence-corrected chi connectivity index (χ1v) is 24.7. The summed E-state index contributed by atoms with van der Waals surface area (Å²) in [6.45, 7) is 24.1. The van der Waals surface area contributed by atoms with E-state index in [0.29, 0.717) is 75.3 Å². The van der Waals surface area contributed by atoms with Gasteiger partial charge < -0.3 is 55.3 Å². The second kappa shape index (κ2) is 31.0. The summed E-state index contributed by atoms with van der Waals surface area (Å²) in [6, 6.07) is 1.09. The highest BCUT2D eigenvalue weighted by Gasteiger charge is 2.36. The average Bonchev–Trinajstić information content (AvgIpc) is 3.35. The number of ether oxygens (including phenoxy) is 4. The molecule has 6 rings (SSSR count). The summed E-state index contributed by atoms with van der Waals surface area (Å²) in [7, 11) is 2.52. The third-order valence-corrected chi connectivity index (χ3v) is 11.9. The van der Waals surface area contributed by atoms with Crippen LogP contribution >= 0.6 is 23.2 Å². The number of nitrogens with one attached hydrogen (secondary N) is 1. The molecule has 5 N–H and O–H groups in total. The number of carbonyl (C=O) groups is 5. The number of nitrogen functional groups attached to an aromatic ring is 2. The Morgan fingerprint density at radius 3 is 1.53 bits per heavy atom. The number of aromatic nitrogens is 4. The van der Waals surface area contributed by atoms with Crippen LogP contribution in [0.15, 0.2) is 0 Å². The molecule has 0 bridgehead atoms. The van der Waals surface area contributed by atoms with Gasteiger partial charge in [-0.1, -0.05) is 44.5 Å². The summed E-state index contributed by atoms with van der Waals surface area (Å²) >= 11 is 12.5. The lowest BCUT2D eigenvalue weighted by molar-refractivity contribution is -0.121. The van der Waals surface area contributed by atoms with Crippen LogP contribution in [-0.4, -0.2) is 174 Å². The van der Waals surface area contributed by atoms with Gasteiger partial charge >= 0.3 is 24.1 Å². The van der Waals surface area contributed by atoms with Crippen LogP contribution in [-0.2, 0) is 23.7 Å². The van der Waals surface area contributed by atoms with E-state index in [4.69, 9.17) is 44.1 Å². The number of Topliss-reactive ketones (excluding diaryl/α,β-unsaturated/α-hetero) is 1. The van der Waals surface area contributed by atoms with Crippen LogP contribution in [0.2, 0.25) is 10.3 Å². The lowest BCUT2D eigenvalue weighted by atomic mass is 9.98. The Bertz CT molecular complexity index is 2180. The molecule has 21 nitrogen and oxygen atoms in total. The standard InChI is InChI=1S/C22H35ClN6O4.C12H18ClN5O2.C10H17NO3.C3H4.C2H2.CH4/c1-6-14-13-28(19-17(23)25-16(18(24)26-19)20(30)32-5)11-12-29(14)15-7-9-27(10-8-15)21(31)33-22(2,3)4;1-3-7-6-18(5-4-15-7)11-9(13)16-8(10(14)17-11)12(19)20-2;1-10(2,3)14-9(13)11-6-4-8(12)5-7-11;1-3-2;1-2;/h14-15H,6-13H2,1-5H3,(H2,24,26);7,15H,3-6H2,1-2H3,(H2,14,17);4-7H2,1-3H3;1H,2H3;1-2H;1H4/t14-;7-;;;;/m00..../s1. The predicted molar refractivity (Wildman–Crippen MR) is 287 cm³/mol. The van der Waals surface area contributed by atoms with Crippen molar-refractivity contribution in [2.75, 3.05) is 101 Å². The maximum Gasteiger partial charge on any atom is 0.410 e. The molecule has 6 heterocycles. The van der Waals surface area contributed by atoms with Crippen LogP contribution in [0.5, 0.6) is 0 Å². The molecule has 4 aliphatic heterocycles. The Hall–Kier alpha value is -5.87. The molecular formula is C50H80Cl2N12O9. The molecule has 4 fully saturated rings. The number of piperidine rings is 2. The monoisotopic (exact) mass is 1060 g/mol. The average molecular weight is 1060 g/mol. The van der Waals surface area contributed by atoms with E-state index in [1.54, 1.807) is 16.7 Å². The number of esters is 2. The van der Waals surface area contributed by atoms with E-state index < -0.39 is 23.1 Å². The molecule has 0 unspecified atom stereocenters. The van der Waals surface area contributed by atoms with E-state index in [-0.39, 0.29) is 58.7 Å². The Morgan fingerprint density at radius 2 is 1.14 bits per heavy atom. The number of halogens is 2. The molecule has 0 spiro atoms. The van der Waals surface area contributed by atoms with E-state index in [0.717, 1.165) is 58.4 Å². The molecule has 0 aromatic carbocycles. The third kappa shape index (κ3) is 20.5. The number of likely N-dealkylation sites (tertiary alicyclic amines) is 2. The van der Waals surface area contributed by atoms with Crippen molar-refractivity contribution in [2.45, 2.75) is 138 Å². The molecule has 4 saturated heterocycles. The van der Waals surface area contributed by atoms with Gasteiger partial charge in [-0.3, -0.25) is 9.69 Å². The van der Waals surface area contributed by atoms with Crippen molar-refractivity contribution in [1.82, 2.24) is 40.0 Å². The van der Waals surface area contributed by atoms with Gasteiger partial charge in [-0.2, -0.15) is 0 Å². The number of terminal acetylenes is 2. The van der Waals surface area contributed by atoms with Gasteiger partial charge in [0.1, 0.15) is 17.0 Å². The molecule has 0 radical (unpaired) electrons. The van der Waals surface area contributed by atoms with Crippen molar-refractivity contribution >= 4 is 76.4 Å². The number of amides is 2. The molecule has 2 aromatic rings. The summed E-state index contributed by atoms with van der Waals surface area (Å²) in [6.07, 6.45) is 16.8. The molecule has 408 valence electrons. The molecule has 2 aromatic heterocycles. The maximum absolute atomic E-state index is 12.4. The van der Waals surface area contributed by atoms with Crippen LogP contribution in [0.3, 0.4) is 0 Å². The number of nitrogens with two attached hydrogens (primary N) is 2. The summed E-state index contributed by atoms with van der Waals surface area (Å²) in [5, 5.41) is 3.70.